The van der Waals surface area contributed by atoms with Gasteiger partial charge in [0.25, 0.3) is 5.91 Å². The molecule has 1 rings (SSSR count). The molecule has 10 heteroatoms. The number of nitrogens with one attached hydrogen (secondary N) is 1. The van der Waals surface area contributed by atoms with E-state index in [0.29, 0.717) is 18.5 Å². The van der Waals surface area contributed by atoms with Gasteiger partial charge in [-0.15, -0.1) is 0 Å². The third-order valence-electron chi connectivity index (χ3n) is 3.74. The molecule has 0 saturated carbocycles. The third-order valence-corrected chi connectivity index (χ3v) is 7.42. The highest BCUT2D eigenvalue weighted by molar-refractivity contribution is 6.67. The molecule has 0 bridgehead atoms. The quantitative estimate of drug-likeness (QED) is 0.251. The SMILES string of the molecule is CC[Si](CCCNC(=O)c1c(F)c(F)c(F)c(F)c1F)(OC)OC. The number of hydrogen-bond acceptors (Lipinski definition) is 3. The first-order valence-corrected chi connectivity index (χ1v) is 9.37. The molecule has 4 nitrogen and oxygen atoms in total. The number of amides is 1. The molecule has 1 aromatic carbocycles. The van der Waals surface area contributed by atoms with E-state index in [0.717, 1.165) is 0 Å². The van der Waals surface area contributed by atoms with E-state index in [4.69, 9.17) is 8.85 Å². The zero-order valence-electron chi connectivity index (χ0n) is 13.4. The number of halogens is 5. The molecule has 0 fully saturated rings. The predicted octanol–water partition coefficient (Wildman–Crippen LogP) is 3.26. The van der Waals surface area contributed by atoms with E-state index in [1.54, 1.807) is 0 Å². The van der Waals surface area contributed by atoms with Crippen molar-refractivity contribution >= 4 is 14.5 Å². The molecule has 0 aliphatic heterocycles. The molecule has 0 spiro atoms. The molecular weight excluding hydrogens is 353 g/mol. The monoisotopic (exact) mass is 371 g/mol. The van der Waals surface area contributed by atoms with Crippen molar-refractivity contribution in [3.63, 3.8) is 0 Å². The van der Waals surface area contributed by atoms with Crippen molar-refractivity contribution in [2.45, 2.75) is 25.4 Å². The predicted molar refractivity (Wildman–Crippen MR) is 78.2 cm³/mol. The van der Waals surface area contributed by atoms with Crippen molar-refractivity contribution in [2.75, 3.05) is 20.8 Å². The lowest BCUT2D eigenvalue weighted by atomic mass is 10.1. The van der Waals surface area contributed by atoms with Crippen molar-refractivity contribution in [1.29, 1.82) is 0 Å². The summed E-state index contributed by atoms with van der Waals surface area (Å²) in [6.45, 7) is 1.85. The van der Waals surface area contributed by atoms with Crippen molar-refractivity contribution in [3.05, 3.63) is 34.6 Å². The highest BCUT2D eigenvalue weighted by Gasteiger charge is 2.33. The summed E-state index contributed by atoms with van der Waals surface area (Å²) in [4.78, 5) is 11.7. The highest BCUT2D eigenvalue weighted by atomic mass is 28.4. The van der Waals surface area contributed by atoms with Gasteiger partial charge < -0.3 is 14.2 Å². The van der Waals surface area contributed by atoms with Crippen LogP contribution in [-0.4, -0.2) is 35.2 Å². The molecule has 0 aliphatic rings. The summed E-state index contributed by atoms with van der Waals surface area (Å²) >= 11 is 0. The van der Waals surface area contributed by atoms with Gasteiger partial charge in [-0.05, 0) is 18.5 Å². The first kappa shape index (κ1) is 20.5. The van der Waals surface area contributed by atoms with Crippen LogP contribution in [-0.2, 0) is 8.85 Å². The van der Waals surface area contributed by atoms with E-state index >= 15 is 0 Å². The molecule has 0 saturated heterocycles. The lowest BCUT2D eigenvalue weighted by Gasteiger charge is -2.25. The van der Waals surface area contributed by atoms with E-state index in [1.165, 1.54) is 14.2 Å². The molecular formula is C14H18F5NO3Si. The molecule has 0 radical (unpaired) electrons. The van der Waals surface area contributed by atoms with E-state index in [1.807, 2.05) is 6.92 Å². The van der Waals surface area contributed by atoms with Gasteiger partial charge in [0.15, 0.2) is 23.3 Å². The largest absolute Gasteiger partial charge is 0.398 e. The van der Waals surface area contributed by atoms with Gasteiger partial charge in [-0.2, -0.15) is 0 Å². The lowest BCUT2D eigenvalue weighted by molar-refractivity contribution is 0.0941. The average molecular weight is 371 g/mol. The van der Waals surface area contributed by atoms with Gasteiger partial charge in [0.2, 0.25) is 5.82 Å². The van der Waals surface area contributed by atoms with Crippen LogP contribution in [0.25, 0.3) is 0 Å². The van der Waals surface area contributed by atoms with Crippen LogP contribution in [0.1, 0.15) is 23.7 Å². The molecule has 0 aromatic heterocycles. The van der Waals surface area contributed by atoms with Crippen molar-refractivity contribution in [1.82, 2.24) is 5.32 Å². The smallest absolute Gasteiger partial charge is 0.337 e. The number of benzene rings is 1. The number of rotatable bonds is 8. The number of hydrogen-bond donors (Lipinski definition) is 1. The first-order chi connectivity index (χ1) is 11.2. The third kappa shape index (κ3) is 4.11. The second-order valence-corrected chi connectivity index (χ2v) is 8.82. The van der Waals surface area contributed by atoms with E-state index in [-0.39, 0.29) is 6.54 Å². The number of carbonyl (C=O) groups is 1. The van der Waals surface area contributed by atoms with Crippen LogP contribution in [0.5, 0.6) is 0 Å². The minimum Gasteiger partial charge on any atom is -0.398 e. The zero-order chi connectivity index (χ0) is 18.5. The van der Waals surface area contributed by atoms with Gasteiger partial charge >= 0.3 is 8.56 Å². The fourth-order valence-corrected chi connectivity index (χ4v) is 4.43. The maximum Gasteiger partial charge on any atom is 0.337 e. The summed E-state index contributed by atoms with van der Waals surface area (Å²) in [5.41, 5.74) is -1.50. The average Bonchev–Trinajstić information content (AvgIpc) is 2.59. The zero-order valence-corrected chi connectivity index (χ0v) is 14.4. The van der Waals surface area contributed by atoms with Gasteiger partial charge in [-0.25, -0.2) is 22.0 Å². The van der Waals surface area contributed by atoms with Gasteiger partial charge in [0.05, 0.1) is 0 Å². The van der Waals surface area contributed by atoms with Gasteiger partial charge in [-0.3, -0.25) is 4.79 Å². The van der Waals surface area contributed by atoms with Crippen molar-refractivity contribution in [3.8, 4) is 0 Å². The van der Waals surface area contributed by atoms with Crippen molar-refractivity contribution in [2.24, 2.45) is 0 Å². The molecule has 24 heavy (non-hydrogen) atoms. The molecule has 0 atom stereocenters. The first-order valence-electron chi connectivity index (χ1n) is 7.14. The minimum absolute atomic E-state index is 0.0280. The molecule has 1 amide bonds. The summed E-state index contributed by atoms with van der Waals surface area (Å²) in [5, 5.41) is 2.14. The van der Waals surface area contributed by atoms with E-state index in [2.05, 4.69) is 5.32 Å². The second kappa shape index (κ2) is 8.54. The molecule has 1 N–H and O–H groups in total. The van der Waals surface area contributed by atoms with Gasteiger partial charge in [0.1, 0.15) is 5.56 Å². The van der Waals surface area contributed by atoms with Gasteiger partial charge in [-0.1, -0.05) is 6.92 Å². The Labute approximate surface area is 137 Å². The van der Waals surface area contributed by atoms with E-state index in [9.17, 15) is 26.7 Å². The summed E-state index contributed by atoms with van der Waals surface area (Å²) in [7, 11) is 0.628. The highest BCUT2D eigenvalue weighted by Crippen LogP contribution is 2.23. The summed E-state index contributed by atoms with van der Waals surface area (Å²) < 4.78 is 76.8. The minimum atomic E-state index is -2.38. The maximum absolute atomic E-state index is 13.5. The molecule has 136 valence electrons. The topological polar surface area (TPSA) is 47.6 Å². The van der Waals surface area contributed by atoms with Crippen LogP contribution in [0, 0.1) is 29.1 Å². The van der Waals surface area contributed by atoms with Crippen LogP contribution in [0.3, 0.4) is 0 Å². The molecule has 0 unspecified atom stereocenters. The van der Waals surface area contributed by atoms with Crippen molar-refractivity contribution < 1.29 is 35.6 Å². The normalized spacial score (nSPS) is 11.7. The van der Waals surface area contributed by atoms with Gasteiger partial charge in [0, 0.05) is 20.8 Å². The van der Waals surface area contributed by atoms with Crippen LogP contribution in [0.2, 0.25) is 12.1 Å². The molecule has 0 heterocycles. The Hall–Kier alpha value is -1.52. The number of carbonyl (C=O) groups excluding carboxylic acids is 1. The van der Waals surface area contributed by atoms with Crippen LogP contribution < -0.4 is 5.32 Å². The molecule has 1 aromatic rings. The maximum atomic E-state index is 13.5. The van der Waals surface area contributed by atoms with E-state index < -0.39 is 49.1 Å². The second-order valence-electron chi connectivity index (χ2n) is 4.98. The lowest BCUT2D eigenvalue weighted by Crippen LogP contribution is -2.40. The summed E-state index contributed by atoms with van der Waals surface area (Å²) in [6, 6.07) is 1.15. The Bertz CT molecular complexity index is 573. The fraction of sp³-hybridized carbons (Fsp3) is 0.500. The van der Waals surface area contributed by atoms with Crippen LogP contribution in [0.15, 0.2) is 0 Å². The van der Waals surface area contributed by atoms with Crippen LogP contribution in [0.4, 0.5) is 22.0 Å². The fourth-order valence-electron chi connectivity index (χ4n) is 2.21. The Morgan fingerprint density at radius 2 is 1.42 bits per heavy atom. The summed E-state index contributed by atoms with van der Waals surface area (Å²) in [6.07, 6.45) is 0.364. The standard InChI is InChI=1S/C14H18F5NO3Si/c1-4-24(22-2,23-3)7-5-6-20-14(21)8-9(15)11(17)13(19)12(18)10(8)16/h4-7H2,1-3H3,(H,20,21). The Morgan fingerprint density at radius 1 is 0.958 bits per heavy atom. The van der Waals surface area contributed by atoms with Crippen LogP contribution >= 0.6 is 0 Å². The Balaban J connectivity index is 2.77. The summed E-state index contributed by atoms with van der Waals surface area (Å²) in [5.74, 6) is -12.3. The Morgan fingerprint density at radius 3 is 1.83 bits per heavy atom. The Kier molecular flexibility index (Phi) is 7.30. The molecule has 0 aliphatic carbocycles.